The van der Waals surface area contributed by atoms with Crippen LogP contribution in [-0.4, -0.2) is 44.8 Å². The summed E-state index contributed by atoms with van der Waals surface area (Å²) in [6.45, 7) is 8.59. The van der Waals surface area contributed by atoms with Gasteiger partial charge >= 0.3 is 0 Å². The van der Waals surface area contributed by atoms with Crippen molar-refractivity contribution in [1.29, 1.82) is 0 Å². The van der Waals surface area contributed by atoms with E-state index in [2.05, 4.69) is 41.6 Å². The Morgan fingerprint density at radius 1 is 1.13 bits per heavy atom. The molecule has 0 unspecified atom stereocenters. The van der Waals surface area contributed by atoms with E-state index in [9.17, 15) is 0 Å². The van der Waals surface area contributed by atoms with Crippen LogP contribution in [0.3, 0.4) is 0 Å². The molecule has 0 aliphatic rings. The molecule has 0 saturated heterocycles. The fourth-order valence-corrected chi connectivity index (χ4v) is 4.10. The van der Waals surface area contributed by atoms with Crippen molar-refractivity contribution >= 4 is 41.3 Å². The number of rotatable bonds is 11. The second kappa shape index (κ2) is 14.5. The molecule has 2 aromatic rings. The van der Waals surface area contributed by atoms with Crippen molar-refractivity contribution in [2.24, 2.45) is 4.99 Å². The summed E-state index contributed by atoms with van der Waals surface area (Å²) in [5.74, 6) is 2.42. The van der Waals surface area contributed by atoms with Crippen molar-refractivity contribution in [2.45, 2.75) is 46.5 Å². The molecule has 2 N–H and O–H groups in total. The van der Waals surface area contributed by atoms with Crippen molar-refractivity contribution in [3.8, 4) is 11.5 Å². The Balaban J connectivity index is 0.00000450. The van der Waals surface area contributed by atoms with Gasteiger partial charge in [0.25, 0.3) is 0 Å². The van der Waals surface area contributed by atoms with Crippen LogP contribution >= 0.6 is 35.3 Å². The average Bonchev–Trinajstić information content (AvgIpc) is 3.09. The third-order valence-electron chi connectivity index (χ3n) is 4.59. The van der Waals surface area contributed by atoms with Crippen LogP contribution in [0.2, 0.25) is 0 Å². The van der Waals surface area contributed by atoms with Crippen LogP contribution in [0, 0.1) is 6.92 Å². The van der Waals surface area contributed by atoms with E-state index in [-0.39, 0.29) is 24.0 Å². The number of aromatic nitrogens is 1. The highest BCUT2D eigenvalue weighted by Gasteiger charge is 2.07. The van der Waals surface area contributed by atoms with E-state index >= 15 is 0 Å². The number of ether oxygens (including phenoxy) is 2. The first kappa shape index (κ1) is 26.5. The van der Waals surface area contributed by atoms with E-state index in [0.29, 0.717) is 6.61 Å². The summed E-state index contributed by atoms with van der Waals surface area (Å²) in [7, 11) is 3.47. The van der Waals surface area contributed by atoms with E-state index in [1.54, 1.807) is 25.5 Å². The minimum atomic E-state index is 0. The average molecular weight is 547 g/mol. The van der Waals surface area contributed by atoms with E-state index in [1.165, 1.54) is 21.1 Å². The lowest BCUT2D eigenvalue weighted by Crippen LogP contribution is -2.38. The molecular weight excluding hydrogens is 511 g/mol. The topological polar surface area (TPSA) is 67.8 Å². The van der Waals surface area contributed by atoms with Gasteiger partial charge in [0.05, 0.1) is 24.4 Å². The number of thiazole rings is 1. The second-order valence-corrected chi connectivity index (χ2v) is 7.95. The van der Waals surface area contributed by atoms with Gasteiger partial charge in [-0.2, -0.15) is 0 Å². The molecule has 0 aliphatic heterocycles. The number of halogens is 1. The van der Waals surface area contributed by atoms with Crippen LogP contribution in [0.1, 0.15) is 41.4 Å². The van der Waals surface area contributed by atoms with Crippen molar-refractivity contribution in [3.63, 3.8) is 0 Å². The molecule has 8 heteroatoms. The van der Waals surface area contributed by atoms with Crippen molar-refractivity contribution in [3.05, 3.63) is 39.3 Å². The first-order chi connectivity index (χ1) is 14.1. The maximum absolute atomic E-state index is 5.65. The third kappa shape index (κ3) is 8.29. The lowest BCUT2D eigenvalue weighted by Gasteiger charge is -2.13. The van der Waals surface area contributed by atoms with Gasteiger partial charge in [0.1, 0.15) is 0 Å². The predicted molar refractivity (Wildman–Crippen MR) is 137 cm³/mol. The molecule has 0 spiro atoms. The van der Waals surface area contributed by atoms with Crippen LogP contribution in [0.15, 0.2) is 23.2 Å². The fraction of sp³-hybridized carbons (Fsp3) is 0.545. The molecular formula is C22H35IN4O2S. The van der Waals surface area contributed by atoms with Crippen LogP contribution in [0.25, 0.3) is 0 Å². The lowest BCUT2D eigenvalue weighted by molar-refractivity contribution is 0.310. The van der Waals surface area contributed by atoms with Gasteiger partial charge in [0.2, 0.25) is 0 Å². The van der Waals surface area contributed by atoms with E-state index in [0.717, 1.165) is 56.2 Å². The summed E-state index contributed by atoms with van der Waals surface area (Å²) in [5.41, 5.74) is 2.46. The summed E-state index contributed by atoms with van der Waals surface area (Å²) in [4.78, 5) is 10.3. The lowest BCUT2D eigenvalue weighted by atomic mass is 10.1. The standard InChI is InChI=1S/C22H34N4O2S.HI/c1-6-18-16(3)29-21(26-18)12-14-25-22(23-4)24-13-8-9-17-10-11-19(27-5)20(15-17)28-7-2;/h10-11,15H,6-9,12-14H2,1-5H3,(H2,23,24,25);1H. The zero-order chi connectivity index (χ0) is 21.1. The van der Waals surface area contributed by atoms with Crippen LogP contribution < -0.4 is 20.1 Å². The Bertz CT molecular complexity index is 795. The van der Waals surface area contributed by atoms with Gasteiger partial charge in [-0.3, -0.25) is 4.99 Å². The molecule has 2 rings (SSSR count). The van der Waals surface area contributed by atoms with Gasteiger partial charge in [-0.15, -0.1) is 35.3 Å². The van der Waals surface area contributed by atoms with Crippen LogP contribution in [0.5, 0.6) is 11.5 Å². The summed E-state index contributed by atoms with van der Waals surface area (Å²) in [6, 6.07) is 6.13. The Hall–Kier alpha value is -1.55. The molecule has 168 valence electrons. The first-order valence-corrected chi connectivity index (χ1v) is 11.1. The molecule has 0 saturated carbocycles. The maximum Gasteiger partial charge on any atom is 0.190 e. The van der Waals surface area contributed by atoms with Gasteiger partial charge in [-0.1, -0.05) is 13.0 Å². The zero-order valence-corrected chi connectivity index (χ0v) is 21.9. The second-order valence-electron chi connectivity index (χ2n) is 6.66. The highest BCUT2D eigenvalue weighted by atomic mass is 127. The van der Waals surface area contributed by atoms with Gasteiger partial charge in [-0.25, -0.2) is 4.98 Å². The monoisotopic (exact) mass is 546 g/mol. The molecule has 1 aromatic carbocycles. The molecule has 30 heavy (non-hydrogen) atoms. The number of hydrogen-bond donors (Lipinski definition) is 2. The Morgan fingerprint density at radius 2 is 1.90 bits per heavy atom. The van der Waals surface area contributed by atoms with Gasteiger partial charge < -0.3 is 20.1 Å². The number of benzene rings is 1. The Morgan fingerprint density at radius 3 is 2.53 bits per heavy atom. The Labute approximate surface area is 201 Å². The first-order valence-electron chi connectivity index (χ1n) is 10.3. The largest absolute Gasteiger partial charge is 0.493 e. The number of aryl methyl sites for hydroxylation is 3. The number of aliphatic imine (C=N–C) groups is 1. The Kier molecular flexibility index (Phi) is 12.8. The molecule has 0 bridgehead atoms. The highest BCUT2D eigenvalue weighted by molar-refractivity contribution is 14.0. The SMILES string of the molecule is CCOc1cc(CCCNC(=NC)NCCc2nc(CC)c(C)s2)ccc1OC.I. The minimum Gasteiger partial charge on any atom is -0.493 e. The molecule has 0 fully saturated rings. The highest BCUT2D eigenvalue weighted by Crippen LogP contribution is 2.28. The summed E-state index contributed by atoms with van der Waals surface area (Å²) in [6.07, 6.45) is 3.88. The number of nitrogens with one attached hydrogen (secondary N) is 2. The molecule has 0 atom stereocenters. The summed E-state index contributed by atoms with van der Waals surface area (Å²) >= 11 is 1.79. The molecule has 1 heterocycles. The van der Waals surface area contributed by atoms with Crippen LogP contribution in [0.4, 0.5) is 0 Å². The molecule has 0 aliphatic carbocycles. The number of hydrogen-bond acceptors (Lipinski definition) is 5. The predicted octanol–water partition coefficient (Wildman–Crippen LogP) is 4.38. The summed E-state index contributed by atoms with van der Waals surface area (Å²) in [5, 5.41) is 7.94. The molecule has 0 amide bonds. The fourth-order valence-electron chi connectivity index (χ4n) is 3.08. The van der Waals surface area contributed by atoms with Gasteiger partial charge in [0.15, 0.2) is 17.5 Å². The number of guanidine groups is 1. The third-order valence-corrected chi connectivity index (χ3v) is 5.66. The minimum absolute atomic E-state index is 0. The van der Waals surface area contributed by atoms with Crippen molar-refractivity contribution < 1.29 is 9.47 Å². The number of nitrogens with zero attached hydrogens (tertiary/aromatic N) is 2. The quantitative estimate of drug-likeness (QED) is 0.190. The normalized spacial score (nSPS) is 11.0. The smallest absolute Gasteiger partial charge is 0.190 e. The van der Waals surface area contributed by atoms with Crippen molar-refractivity contribution in [2.75, 3.05) is 33.9 Å². The van der Waals surface area contributed by atoms with Gasteiger partial charge in [-0.05, 0) is 50.8 Å². The maximum atomic E-state index is 5.65. The van der Waals surface area contributed by atoms with E-state index in [4.69, 9.17) is 14.5 Å². The zero-order valence-electron chi connectivity index (χ0n) is 18.7. The molecule has 6 nitrogen and oxygen atoms in total. The molecule has 1 aromatic heterocycles. The summed E-state index contributed by atoms with van der Waals surface area (Å²) < 4.78 is 11.0. The van der Waals surface area contributed by atoms with Crippen LogP contribution in [-0.2, 0) is 19.3 Å². The van der Waals surface area contributed by atoms with Gasteiger partial charge in [0, 0.05) is 31.4 Å². The van der Waals surface area contributed by atoms with Crippen molar-refractivity contribution in [1.82, 2.24) is 15.6 Å². The number of methoxy groups -OCH3 is 1. The van der Waals surface area contributed by atoms with E-state index in [1.807, 2.05) is 13.0 Å². The molecule has 0 radical (unpaired) electrons. The van der Waals surface area contributed by atoms with E-state index < -0.39 is 0 Å².